The van der Waals surface area contributed by atoms with E-state index in [4.69, 9.17) is 0 Å². The van der Waals surface area contributed by atoms with Gasteiger partial charge in [0.05, 0.1) is 4.90 Å². The first-order valence-corrected chi connectivity index (χ1v) is 8.39. The summed E-state index contributed by atoms with van der Waals surface area (Å²) in [5, 5.41) is 3.20. The quantitative estimate of drug-likeness (QED) is 0.862. The minimum absolute atomic E-state index is 0.268. The highest BCUT2D eigenvalue weighted by atomic mass is 32.2. The van der Waals surface area contributed by atoms with Crippen LogP contribution in [-0.4, -0.2) is 15.0 Å². The summed E-state index contributed by atoms with van der Waals surface area (Å²) in [7, 11) is -3.54. The molecule has 0 aliphatic heterocycles. The molecule has 0 saturated carbocycles. The van der Waals surface area contributed by atoms with Gasteiger partial charge in [-0.15, -0.1) is 0 Å². The molecule has 2 aromatic carbocycles. The van der Waals surface area contributed by atoms with Crippen molar-refractivity contribution in [2.75, 3.05) is 11.3 Å². The number of anilines is 1. The number of hydrogen-bond acceptors (Lipinski definition) is 3. The fraction of sp³-hybridized carbons (Fsp3) is 0.250. The Balaban J connectivity index is 2.15. The summed E-state index contributed by atoms with van der Waals surface area (Å²) in [6.07, 6.45) is 0. The monoisotopic (exact) mass is 304 g/mol. The summed E-state index contributed by atoms with van der Waals surface area (Å²) in [6, 6.07) is 14.2. The number of benzene rings is 2. The summed E-state index contributed by atoms with van der Waals surface area (Å²) >= 11 is 0. The zero-order valence-electron chi connectivity index (χ0n) is 12.3. The molecule has 0 spiro atoms. The van der Waals surface area contributed by atoms with Crippen molar-refractivity contribution in [3.05, 3.63) is 59.7 Å². The van der Waals surface area contributed by atoms with E-state index >= 15 is 0 Å². The second-order valence-corrected chi connectivity index (χ2v) is 6.58. The Kier molecular flexibility index (Phi) is 4.98. The zero-order chi connectivity index (χ0) is 15.3. The van der Waals surface area contributed by atoms with Gasteiger partial charge in [0.25, 0.3) is 10.0 Å². The average molecular weight is 304 g/mol. The second kappa shape index (κ2) is 6.74. The van der Waals surface area contributed by atoms with E-state index in [9.17, 15) is 8.42 Å². The SMILES string of the molecule is CCNCc1ccc(S(=O)(=O)Nc2cccc(C)c2)cc1. The van der Waals surface area contributed by atoms with Gasteiger partial charge in [0, 0.05) is 12.2 Å². The largest absolute Gasteiger partial charge is 0.313 e. The minimum Gasteiger partial charge on any atom is -0.313 e. The third kappa shape index (κ3) is 4.31. The summed E-state index contributed by atoms with van der Waals surface area (Å²) in [6.45, 7) is 5.58. The molecular formula is C16H20N2O2S. The molecule has 2 N–H and O–H groups in total. The highest BCUT2D eigenvalue weighted by molar-refractivity contribution is 7.92. The van der Waals surface area contributed by atoms with Crippen LogP contribution < -0.4 is 10.0 Å². The lowest BCUT2D eigenvalue weighted by molar-refractivity contribution is 0.601. The van der Waals surface area contributed by atoms with Gasteiger partial charge in [-0.2, -0.15) is 0 Å². The van der Waals surface area contributed by atoms with Crippen LogP contribution in [0.5, 0.6) is 0 Å². The van der Waals surface area contributed by atoms with Crippen LogP contribution in [-0.2, 0) is 16.6 Å². The second-order valence-electron chi connectivity index (χ2n) is 4.90. The molecule has 112 valence electrons. The molecule has 2 rings (SSSR count). The standard InChI is InChI=1S/C16H20N2O2S/c1-3-17-12-14-7-9-16(10-8-14)21(19,20)18-15-6-4-5-13(2)11-15/h4-11,17-18H,3,12H2,1-2H3. The number of rotatable bonds is 6. The van der Waals surface area contributed by atoms with E-state index in [1.807, 2.05) is 38.1 Å². The maximum absolute atomic E-state index is 12.3. The molecule has 0 unspecified atom stereocenters. The van der Waals surface area contributed by atoms with Crippen LogP contribution in [0.4, 0.5) is 5.69 Å². The zero-order valence-corrected chi connectivity index (χ0v) is 13.1. The van der Waals surface area contributed by atoms with Gasteiger partial charge in [0.1, 0.15) is 0 Å². The third-order valence-corrected chi connectivity index (χ3v) is 4.48. The lowest BCUT2D eigenvalue weighted by Gasteiger charge is -2.09. The van der Waals surface area contributed by atoms with Gasteiger partial charge in [-0.05, 0) is 48.9 Å². The van der Waals surface area contributed by atoms with Crippen LogP contribution in [0.2, 0.25) is 0 Å². The smallest absolute Gasteiger partial charge is 0.261 e. The first-order valence-electron chi connectivity index (χ1n) is 6.90. The predicted molar refractivity (Wildman–Crippen MR) is 85.8 cm³/mol. The van der Waals surface area contributed by atoms with Crippen LogP contribution in [0.1, 0.15) is 18.1 Å². The van der Waals surface area contributed by atoms with E-state index in [0.29, 0.717) is 5.69 Å². The Morgan fingerprint density at radius 1 is 1.05 bits per heavy atom. The average Bonchev–Trinajstić information content (AvgIpc) is 2.45. The van der Waals surface area contributed by atoms with Gasteiger partial charge in [-0.3, -0.25) is 4.72 Å². The maximum Gasteiger partial charge on any atom is 0.261 e. The molecule has 5 heteroatoms. The van der Waals surface area contributed by atoms with Gasteiger partial charge in [-0.25, -0.2) is 8.42 Å². The lowest BCUT2D eigenvalue weighted by atomic mass is 10.2. The van der Waals surface area contributed by atoms with E-state index in [2.05, 4.69) is 10.0 Å². The first-order chi connectivity index (χ1) is 10.0. The molecule has 0 aliphatic rings. The Morgan fingerprint density at radius 2 is 1.76 bits per heavy atom. The van der Waals surface area contributed by atoms with E-state index in [0.717, 1.165) is 24.2 Å². The van der Waals surface area contributed by atoms with Crippen molar-refractivity contribution in [1.82, 2.24) is 5.32 Å². The van der Waals surface area contributed by atoms with Crippen LogP contribution in [0, 0.1) is 6.92 Å². The van der Waals surface area contributed by atoms with Crippen molar-refractivity contribution < 1.29 is 8.42 Å². The topological polar surface area (TPSA) is 58.2 Å². The molecule has 2 aromatic rings. The van der Waals surface area contributed by atoms with E-state index in [-0.39, 0.29) is 4.90 Å². The van der Waals surface area contributed by atoms with Crippen molar-refractivity contribution in [3.8, 4) is 0 Å². The fourth-order valence-electron chi connectivity index (χ4n) is 1.98. The molecule has 0 atom stereocenters. The molecule has 0 radical (unpaired) electrons. The van der Waals surface area contributed by atoms with Crippen LogP contribution in [0.3, 0.4) is 0 Å². The molecule has 0 bridgehead atoms. The fourth-order valence-corrected chi connectivity index (χ4v) is 3.03. The molecular weight excluding hydrogens is 284 g/mol. The predicted octanol–water partition coefficient (Wildman–Crippen LogP) is 2.91. The van der Waals surface area contributed by atoms with Gasteiger partial charge < -0.3 is 5.32 Å². The Bertz CT molecular complexity index is 694. The van der Waals surface area contributed by atoms with Crippen molar-refractivity contribution in [1.29, 1.82) is 0 Å². The minimum atomic E-state index is -3.54. The number of hydrogen-bond donors (Lipinski definition) is 2. The summed E-state index contributed by atoms with van der Waals surface area (Å²) < 4.78 is 27.2. The summed E-state index contributed by atoms with van der Waals surface area (Å²) in [5.74, 6) is 0. The third-order valence-electron chi connectivity index (χ3n) is 3.08. The number of nitrogens with one attached hydrogen (secondary N) is 2. The van der Waals surface area contributed by atoms with Gasteiger partial charge >= 0.3 is 0 Å². The highest BCUT2D eigenvalue weighted by Crippen LogP contribution is 2.17. The van der Waals surface area contributed by atoms with Crippen LogP contribution in [0.15, 0.2) is 53.4 Å². The Labute approximate surface area is 126 Å². The highest BCUT2D eigenvalue weighted by Gasteiger charge is 2.13. The number of aryl methyl sites for hydroxylation is 1. The maximum atomic E-state index is 12.3. The van der Waals surface area contributed by atoms with Crippen molar-refractivity contribution >= 4 is 15.7 Å². The van der Waals surface area contributed by atoms with E-state index in [1.165, 1.54) is 0 Å². The van der Waals surface area contributed by atoms with Crippen LogP contribution >= 0.6 is 0 Å². The molecule has 21 heavy (non-hydrogen) atoms. The van der Waals surface area contributed by atoms with Crippen molar-refractivity contribution in [2.45, 2.75) is 25.3 Å². The number of sulfonamides is 1. The van der Waals surface area contributed by atoms with Crippen LogP contribution in [0.25, 0.3) is 0 Å². The molecule has 0 saturated heterocycles. The molecule has 0 aromatic heterocycles. The van der Waals surface area contributed by atoms with E-state index in [1.54, 1.807) is 24.3 Å². The molecule has 0 fully saturated rings. The lowest BCUT2D eigenvalue weighted by Crippen LogP contribution is -2.14. The van der Waals surface area contributed by atoms with E-state index < -0.39 is 10.0 Å². The Hall–Kier alpha value is -1.85. The normalized spacial score (nSPS) is 11.3. The van der Waals surface area contributed by atoms with Crippen molar-refractivity contribution in [3.63, 3.8) is 0 Å². The van der Waals surface area contributed by atoms with Gasteiger partial charge in [0.15, 0.2) is 0 Å². The molecule has 4 nitrogen and oxygen atoms in total. The summed E-state index contributed by atoms with van der Waals surface area (Å²) in [5.41, 5.74) is 2.65. The van der Waals surface area contributed by atoms with Crippen molar-refractivity contribution in [2.24, 2.45) is 0 Å². The summed E-state index contributed by atoms with van der Waals surface area (Å²) in [4.78, 5) is 0.268. The Morgan fingerprint density at radius 3 is 2.38 bits per heavy atom. The molecule has 0 heterocycles. The molecule has 0 aliphatic carbocycles. The first kappa shape index (κ1) is 15.5. The van der Waals surface area contributed by atoms with Gasteiger partial charge in [0.2, 0.25) is 0 Å². The molecule has 0 amide bonds. The van der Waals surface area contributed by atoms with Gasteiger partial charge in [-0.1, -0.05) is 31.2 Å².